The van der Waals surface area contributed by atoms with E-state index in [9.17, 15) is 4.39 Å². The lowest BCUT2D eigenvalue weighted by molar-refractivity contribution is 0.626. The summed E-state index contributed by atoms with van der Waals surface area (Å²) in [4.78, 5) is 0. The van der Waals surface area contributed by atoms with E-state index in [1.807, 2.05) is 6.92 Å². The Morgan fingerprint density at radius 2 is 1.75 bits per heavy atom. The Balaban J connectivity index is 2.30. The third-order valence-electron chi connectivity index (χ3n) is 3.29. The quantitative estimate of drug-likeness (QED) is 0.708. The van der Waals surface area contributed by atoms with Crippen molar-refractivity contribution >= 4 is 33.2 Å². The maximum Gasteiger partial charge on any atom is 0.124 e. The Hall–Kier alpha value is -1.06. The maximum atomic E-state index is 13.1. The predicted molar refractivity (Wildman–Crippen MR) is 87.1 cm³/mol. The standard InChI is InChI=1S/C16H16BrClFN/c1-9-6-12(17)7-10(2)16(9)20-11(3)14-5-4-13(19)8-15(14)18/h4-8,11,20H,1-3H3. The van der Waals surface area contributed by atoms with Crippen molar-refractivity contribution in [2.45, 2.75) is 26.8 Å². The van der Waals surface area contributed by atoms with Crippen molar-refractivity contribution in [3.63, 3.8) is 0 Å². The van der Waals surface area contributed by atoms with Gasteiger partial charge in [0.25, 0.3) is 0 Å². The van der Waals surface area contributed by atoms with E-state index >= 15 is 0 Å². The number of benzene rings is 2. The number of hydrogen-bond donors (Lipinski definition) is 1. The first-order valence-electron chi connectivity index (χ1n) is 6.36. The van der Waals surface area contributed by atoms with Crippen LogP contribution in [0.3, 0.4) is 0 Å². The van der Waals surface area contributed by atoms with E-state index < -0.39 is 0 Å². The molecule has 0 aliphatic rings. The number of aryl methyl sites for hydroxylation is 2. The second kappa shape index (κ2) is 6.15. The molecule has 0 aliphatic carbocycles. The largest absolute Gasteiger partial charge is 0.378 e. The Morgan fingerprint density at radius 3 is 2.30 bits per heavy atom. The van der Waals surface area contributed by atoms with Crippen molar-refractivity contribution in [1.82, 2.24) is 0 Å². The highest BCUT2D eigenvalue weighted by molar-refractivity contribution is 9.10. The molecule has 0 bridgehead atoms. The second-order valence-electron chi connectivity index (χ2n) is 4.95. The zero-order chi connectivity index (χ0) is 14.9. The van der Waals surface area contributed by atoms with Crippen molar-refractivity contribution < 1.29 is 4.39 Å². The van der Waals surface area contributed by atoms with Gasteiger partial charge in [0, 0.05) is 15.2 Å². The molecule has 1 unspecified atom stereocenters. The van der Waals surface area contributed by atoms with Crippen LogP contribution in [0.5, 0.6) is 0 Å². The van der Waals surface area contributed by atoms with E-state index in [1.54, 1.807) is 6.07 Å². The van der Waals surface area contributed by atoms with Crippen molar-refractivity contribution in [3.8, 4) is 0 Å². The number of halogens is 3. The monoisotopic (exact) mass is 355 g/mol. The molecule has 2 aromatic rings. The summed E-state index contributed by atoms with van der Waals surface area (Å²) < 4.78 is 14.2. The van der Waals surface area contributed by atoms with Gasteiger partial charge in [-0.1, -0.05) is 33.6 Å². The Bertz CT molecular complexity index is 619. The third kappa shape index (κ3) is 3.33. The first-order valence-corrected chi connectivity index (χ1v) is 7.54. The van der Waals surface area contributed by atoms with Crippen LogP contribution in [0, 0.1) is 19.7 Å². The summed E-state index contributed by atoms with van der Waals surface area (Å²) in [6, 6.07) is 8.63. The van der Waals surface area contributed by atoms with Crippen molar-refractivity contribution in [1.29, 1.82) is 0 Å². The summed E-state index contributed by atoms with van der Waals surface area (Å²) in [5, 5.41) is 3.90. The molecule has 0 saturated heterocycles. The normalized spacial score (nSPS) is 12.3. The van der Waals surface area contributed by atoms with Crippen LogP contribution < -0.4 is 5.32 Å². The zero-order valence-corrected chi connectivity index (χ0v) is 13.9. The van der Waals surface area contributed by atoms with E-state index in [1.165, 1.54) is 12.1 Å². The van der Waals surface area contributed by atoms with Crippen LogP contribution in [-0.2, 0) is 0 Å². The Kier molecular flexibility index (Phi) is 4.71. The van der Waals surface area contributed by atoms with Crippen LogP contribution in [0.4, 0.5) is 10.1 Å². The molecule has 106 valence electrons. The fourth-order valence-corrected chi connectivity index (χ4v) is 3.30. The second-order valence-corrected chi connectivity index (χ2v) is 6.27. The number of rotatable bonds is 3. The molecule has 2 rings (SSSR count). The van der Waals surface area contributed by atoms with Gasteiger partial charge >= 0.3 is 0 Å². The van der Waals surface area contributed by atoms with Crippen molar-refractivity contribution in [2.75, 3.05) is 5.32 Å². The molecule has 0 saturated carbocycles. The van der Waals surface area contributed by atoms with Gasteiger partial charge in [-0.25, -0.2) is 4.39 Å². The summed E-state index contributed by atoms with van der Waals surface area (Å²) in [7, 11) is 0. The zero-order valence-electron chi connectivity index (χ0n) is 11.6. The summed E-state index contributed by atoms with van der Waals surface area (Å²) in [5.41, 5.74) is 4.28. The smallest absolute Gasteiger partial charge is 0.124 e. The van der Waals surface area contributed by atoms with Crippen molar-refractivity contribution in [3.05, 3.63) is 62.3 Å². The van der Waals surface area contributed by atoms with Crippen LogP contribution in [0.2, 0.25) is 5.02 Å². The molecular formula is C16H16BrClFN. The summed E-state index contributed by atoms with van der Waals surface area (Å²) in [5.74, 6) is -0.318. The molecule has 20 heavy (non-hydrogen) atoms. The molecule has 0 fully saturated rings. The van der Waals surface area contributed by atoms with Crippen LogP contribution in [-0.4, -0.2) is 0 Å². The van der Waals surface area contributed by atoms with Gasteiger partial charge in [0.15, 0.2) is 0 Å². The topological polar surface area (TPSA) is 12.0 Å². The van der Waals surface area contributed by atoms with Gasteiger partial charge in [0.2, 0.25) is 0 Å². The van der Waals surface area contributed by atoms with E-state index in [-0.39, 0.29) is 11.9 Å². The molecule has 1 atom stereocenters. The first-order chi connectivity index (χ1) is 9.38. The number of anilines is 1. The van der Waals surface area contributed by atoms with Gasteiger partial charge in [0.1, 0.15) is 5.82 Å². The fraction of sp³-hybridized carbons (Fsp3) is 0.250. The molecule has 1 nitrogen and oxygen atoms in total. The summed E-state index contributed by atoms with van der Waals surface area (Å²) in [6.07, 6.45) is 0. The minimum atomic E-state index is -0.318. The third-order valence-corrected chi connectivity index (χ3v) is 4.07. The average molecular weight is 357 g/mol. The van der Waals surface area contributed by atoms with Crippen LogP contribution in [0.25, 0.3) is 0 Å². The van der Waals surface area contributed by atoms with Crippen LogP contribution in [0.15, 0.2) is 34.8 Å². The molecule has 0 heterocycles. The molecule has 1 N–H and O–H groups in total. The van der Waals surface area contributed by atoms with Gasteiger partial charge < -0.3 is 5.32 Å². The lowest BCUT2D eigenvalue weighted by atomic mass is 10.0. The number of nitrogens with one attached hydrogen (secondary N) is 1. The van der Waals surface area contributed by atoms with Gasteiger partial charge in [-0.05, 0) is 61.7 Å². The van der Waals surface area contributed by atoms with Gasteiger partial charge in [-0.3, -0.25) is 0 Å². The molecule has 4 heteroatoms. The highest BCUT2D eigenvalue weighted by Crippen LogP contribution is 2.31. The van der Waals surface area contributed by atoms with Crippen LogP contribution in [0.1, 0.15) is 29.7 Å². The van der Waals surface area contributed by atoms with Crippen LogP contribution >= 0.6 is 27.5 Å². The molecule has 2 aromatic carbocycles. The highest BCUT2D eigenvalue weighted by atomic mass is 79.9. The molecule has 0 aromatic heterocycles. The van der Waals surface area contributed by atoms with E-state index in [0.29, 0.717) is 5.02 Å². The molecule has 0 radical (unpaired) electrons. The predicted octanol–water partition coefficient (Wildman–Crippen LogP) is 6.03. The molecular weight excluding hydrogens is 341 g/mol. The van der Waals surface area contributed by atoms with Gasteiger partial charge in [0.05, 0.1) is 6.04 Å². The maximum absolute atomic E-state index is 13.1. The Labute approximate surface area is 132 Å². The summed E-state index contributed by atoms with van der Waals surface area (Å²) >= 11 is 9.60. The fourth-order valence-electron chi connectivity index (χ4n) is 2.29. The summed E-state index contributed by atoms with van der Waals surface area (Å²) in [6.45, 7) is 6.12. The minimum Gasteiger partial charge on any atom is -0.378 e. The highest BCUT2D eigenvalue weighted by Gasteiger charge is 2.13. The molecule has 0 amide bonds. The molecule has 0 aliphatic heterocycles. The average Bonchev–Trinajstić information content (AvgIpc) is 2.33. The van der Waals surface area contributed by atoms with Gasteiger partial charge in [-0.15, -0.1) is 0 Å². The van der Waals surface area contributed by atoms with Crippen molar-refractivity contribution in [2.24, 2.45) is 0 Å². The SMILES string of the molecule is Cc1cc(Br)cc(C)c1NC(C)c1ccc(F)cc1Cl. The number of hydrogen-bond acceptors (Lipinski definition) is 1. The van der Waals surface area contributed by atoms with E-state index in [2.05, 4.69) is 47.2 Å². The van der Waals surface area contributed by atoms with E-state index in [0.717, 1.165) is 26.9 Å². The Morgan fingerprint density at radius 1 is 1.15 bits per heavy atom. The molecule has 0 spiro atoms. The van der Waals surface area contributed by atoms with E-state index in [4.69, 9.17) is 11.6 Å². The minimum absolute atomic E-state index is 0.00155. The first kappa shape index (κ1) is 15.3. The lowest BCUT2D eigenvalue weighted by Crippen LogP contribution is -2.09. The lowest BCUT2D eigenvalue weighted by Gasteiger charge is -2.20. The van der Waals surface area contributed by atoms with Gasteiger partial charge in [-0.2, -0.15) is 0 Å².